The minimum atomic E-state index is 0.562. The Morgan fingerprint density at radius 1 is 0.344 bits per heavy atom. The molecule has 6 heteroatoms. The zero-order valence-corrected chi connectivity index (χ0v) is 34.5. The molecule has 0 fully saturated rings. The molecule has 9 aromatic carbocycles. The summed E-state index contributed by atoms with van der Waals surface area (Å²) in [5, 5.41) is 4.63. The van der Waals surface area contributed by atoms with Gasteiger partial charge in [0, 0.05) is 49.5 Å². The van der Waals surface area contributed by atoms with Crippen molar-refractivity contribution in [3.63, 3.8) is 0 Å². The third-order valence-corrected chi connectivity index (χ3v) is 12.2. The van der Waals surface area contributed by atoms with Gasteiger partial charge in [0.15, 0.2) is 23.2 Å². The van der Waals surface area contributed by atoms with Crippen LogP contribution in [0.4, 0.5) is 5.69 Å². The van der Waals surface area contributed by atoms with Crippen molar-refractivity contribution in [1.82, 2.24) is 24.1 Å². The largest absolute Gasteiger partial charge is 0.309 e. The summed E-state index contributed by atoms with van der Waals surface area (Å²) in [5.41, 5.74) is 13.8. The summed E-state index contributed by atoms with van der Waals surface area (Å²) in [5.74, 6) is 1.75. The second-order valence-electron chi connectivity index (χ2n) is 15.9. The van der Waals surface area contributed by atoms with Crippen molar-refractivity contribution in [2.45, 2.75) is 0 Å². The smallest absolute Gasteiger partial charge is 0.187 e. The number of rotatable bonds is 7. The third kappa shape index (κ3) is 6.14. The molecule has 0 N–H and O–H groups in total. The van der Waals surface area contributed by atoms with Gasteiger partial charge in [-0.3, -0.25) is 0 Å². The maximum atomic E-state index is 7.71. The van der Waals surface area contributed by atoms with Crippen molar-refractivity contribution in [2.24, 2.45) is 0 Å². The molecule has 0 saturated heterocycles. The number of para-hydroxylation sites is 4. The molecule has 64 heavy (non-hydrogen) atoms. The van der Waals surface area contributed by atoms with Crippen LogP contribution >= 0.6 is 0 Å². The number of hydrogen-bond donors (Lipinski definition) is 0. The molecule has 0 aliphatic carbocycles. The number of benzene rings is 9. The summed E-state index contributed by atoms with van der Waals surface area (Å²) < 4.78 is 4.73. The van der Waals surface area contributed by atoms with Crippen LogP contribution in [0.1, 0.15) is 0 Å². The molecular formula is C58H36N6. The van der Waals surface area contributed by atoms with Gasteiger partial charge in [0.1, 0.15) is 0 Å². The zero-order valence-electron chi connectivity index (χ0n) is 34.5. The highest BCUT2D eigenvalue weighted by Crippen LogP contribution is 2.43. The molecule has 12 aromatic rings. The van der Waals surface area contributed by atoms with E-state index in [1.165, 1.54) is 10.8 Å². The van der Waals surface area contributed by atoms with Gasteiger partial charge in [0.05, 0.1) is 34.3 Å². The van der Waals surface area contributed by atoms with E-state index in [-0.39, 0.29) is 0 Å². The lowest BCUT2D eigenvalue weighted by Crippen LogP contribution is -2.04. The Hall–Kier alpha value is -8.92. The lowest BCUT2D eigenvalue weighted by Gasteiger charge is -2.17. The van der Waals surface area contributed by atoms with Crippen LogP contribution in [0.15, 0.2) is 218 Å². The summed E-state index contributed by atoms with van der Waals surface area (Å²) in [6.07, 6.45) is 0. The van der Waals surface area contributed by atoms with Crippen LogP contribution in [0.25, 0.3) is 116 Å². The summed E-state index contributed by atoms with van der Waals surface area (Å²) in [6.45, 7) is 7.71. The molecule has 298 valence electrons. The van der Waals surface area contributed by atoms with Gasteiger partial charge in [-0.15, -0.1) is 0 Å². The highest BCUT2D eigenvalue weighted by Gasteiger charge is 2.23. The molecule has 0 bridgehead atoms. The van der Waals surface area contributed by atoms with Crippen molar-refractivity contribution in [1.29, 1.82) is 0 Å². The molecule has 3 aromatic heterocycles. The van der Waals surface area contributed by atoms with Crippen LogP contribution in [0.5, 0.6) is 0 Å². The highest BCUT2D eigenvalue weighted by atomic mass is 15.1. The van der Waals surface area contributed by atoms with Crippen LogP contribution in [-0.2, 0) is 0 Å². The van der Waals surface area contributed by atoms with Crippen LogP contribution in [0, 0.1) is 6.57 Å². The van der Waals surface area contributed by atoms with Crippen LogP contribution in [0.2, 0.25) is 0 Å². The van der Waals surface area contributed by atoms with Gasteiger partial charge in [0.2, 0.25) is 0 Å². The fraction of sp³-hybridized carbons (Fsp3) is 0. The molecule has 6 nitrogen and oxygen atoms in total. The minimum Gasteiger partial charge on any atom is -0.309 e. The van der Waals surface area contributed by atoms with Crippen molar-refractivity contribution < 1.29 is 0 Å². The Balaban J connectivity index is 1.18. The molecule has 0 aliphatic rings. The van der Waals surface area contributed by atoms with Gasteiger partial charge in [0.25, 0.3) is 0 Å². The first-order chi connectivity index (χ1) is 31.7. The Morgan fingerprint density at radius 3 is 1.58 bits per heavy atom. The van der Waals surface area contributed by atoms with Gasteiger partial charge < -0.3 is 9.13 Å². The number of aromatic nitrogens is 5. The van der Waals surface area contributed by atoms with Gasteiger partial charge in [-0.1, -0.05) is 170 Å². The van der Waals surface area contributed by atoms with Crippen LogP contribution in [0.3, 0.4) is 0 Å². The SMILES string of the molecule is [C-]#[N+]c1cccc(-c2ccc3c4ccccc4n(-c4ccc(-c5cccc6c7ccccc7n(-c7ccccc7)c56)cc4-c4nc(-c5ccccc5)nc(-c5ccccc5)n4)c3c2)c1. The fourth-order valence-corrected chi connectivity index (χ4v) is 9.27. The predicted octanol–water partition coefficient (Wildman–Crippen LogP) is 15.0. The lowest BCUT2D eigenvalue weighted by molar-refractivity contribution is 1.06. The van der Waals surface area contributed by atoms with Crippen molar-refractivity contribution >= 4 is 49.3 Å². The Morgan fingerprint density at radius 2 is 0.875 bits per heavy atom. The molecular weight excluding hydrogens is 781 g/mol. The van der Waals surface area contributed by atoms with Gasteiger partial charge >= 0.3 is 0 Å². The van der Waals surface area contributed by atoms with Crippen LogP contribution in [-0.4, -0.2) is 24.1 Å². The molecule has 12 rings (SSSR count). The summed E-state index contributed by atoms with van der Waals surface area (Å²) in [4.78, 5) is 19.5. The number of hydrogen-bond acceptors (Lipinski definition) is 3. The fourth-order valence-electron chi connectivity index (χ4n) is 9.27. The first-order valence-electron chi connectivity index (χ1n) is 21.3. The van der Waals surface area contributed by atoms with Gasteiger partial charge in [-0.25, -0.2) is 19.8 Å². The molecule has 0 atom stereocenters. The molecule has 0 spiro atoms. The lowest BCUT2D eigenvalue weighted by atomic mass is 9.98. The van der Waals surface area contributed by atoms with E-state index in [2.05, 4.69) is 154 Å². The van der Waals surface area contributed by atoms with Gasteiger partial charge in [-0.05, 0) is 65.2 Å². The number of fused-ring (bicyclic) bond motifs is 6. The second-order valence-corrected chi connectivity index (χ2v) is 15.9. The highest BCUT2D eigenvalue weighted by molar-refractivity contribution is 6.14. The average Bonchev–Trinajstić information content (AvgIpc) is 3.89. The van der Waals surface area contributed by atoms with Crippen molar-refractivity contribution in [3.8, 4) is 67.8 Å². The van der Waals surface area contributed by atoms with E-state index in [1.807, 2.05) is 78.9 Å². The quantitative estimate of drug-likeness (QED) is 0.151. The molecule has 0 unspecified atom stereocenters. The van der Waals surface area contributed by atoms with Crippen molar-refractivity contribution in [2.75, 3.05) is 0 Å². The molecule has 3 heterocycles. The maximum Gasteiger partial charge on any atom is 0.187 e. The standard InChI is InChI=1S/C58H36N6/c1-59-43-22-15-21-40(35-43)41-31-33-48-46-25-11-14-30-52(46)64(54(48)37-41)53-34-32-42(45-27-16-28-49-47-26-12-13-29-51(47)63(55(45)49)44-23-9-4-10-24-44)36-50(53)58-61-56(38-17-5-2-6-18-38)60-57(62-58)39-19-7-3-8-20-39/h2-37H. The molecule has 0 amide bonds. The second kappa shape index (κ2) is 15.2. The molecule has 0 saturated carbocycles. The van der Waals surface area contributed by atoms with E-state index in [0.29, 0.717) is 23.2 Å². The number of nitrogens with zero attached hydrogens (tertiary/aromatic N) is 6. The monoisotopic (exact) mass is 816 g/mol. The van der Waals surface area contributed by atoms with E-state index in [4.69, 9.17) is 21.5 Å². The van der Waals surface area contributed by atoms with E-state index in [1.54, 1.807) is 0 Å². The Kier molecular flexibility index (Phi) is 8.77. The molecule has 0 aliphatic heterocycles. The van der Waals surface area contributed by atoms with Crippen LogP contribution < -0.4 is 0 Å². The maximum absolute atomic E-state index is 7.71. The summed E-state index contributed by atoms with van der Waals surface area (Å²) in [6, 6.07) is 75.9. The zero-order chi connectivity index (χ0) is 42.6. The first-order valence-corrected chi connectivity index (χ1v) is 21.3. The van der Waals surface area contributed by atoms with Gasteiger partial charge in [-0.2, -0.15) is 0 Å². The Labute approximate surface area is 369 Å². The summed E-state index contributed by atoms with van der Waals surface area (Å²) in [7, 11) is 0. The molecule has 0 radical (unpaired) electrons. The van der Waals surface area contributed by atoms with E-state index in [0.717, 1.165) is 83.2 Å². The minimum absolute atomic E-state index is 0.562. The van der Waals surface area contributed by atoms with E-state index < -0.39 is 0 Å². The summed E-state index contributed by atoms with van der Waals surface area (Å²) >= 11 is 0. The van der Waals surface area contributed by atoms with Crippen molar-refractivity contribution in [3.05, 3.63) is 230 Å². The third-order valence-electron chi connectivity index (χ3n) is 12.2. The first kappa shape index (κ1) is 36.9. The normalized spacial score (nSPS) is 11.4. The Bertz CT molecular complexity index is 3730. The van der Waals surface area contributed by atoms with E-state index in [9.17, 15) is 0 Å². The van der Waals surface area contributed by atoms with E-state index >= 15 is 0 Å². The average molecular weight is 817 g/mol. The topological polar surface area (TPSA) is 52.9 Å². The predicted molar refractivity (Wildman–Crippen MR) is 262 cm³/mol.